The Morgan fingerprint density at radius 3 is 1.36 bits per heavy atom. The van der Waals surface area contributed by atoms with Crippen molar-refractivity contribution in [2.75, 3.05) is 40.9 Å². The Morgan fingerprint density at radius 1 is 0.530 bits per heavy atom. The van der Waals surface area contributed by atoms with Crippen LogP contribution in [0.2, 0.25) is 0 Å². The smallest absolute Gasteiger partial charge is 0.268 e. The van der Waals surface area contributed by atoms with Crippen molar-refractivity contribution in [1.29, 1.82) is 0 Å². The number of rotatable bonds is 50. The number of unbranched alkanes of at least 4 members (excludes halogenated alkanes) is 29. The predicted molar refractivity (Wildman–Crippen MR) is 284 cm³/mol. The summed E-state index contributed by atoms with van der Waals surface area (Å²) in [5, 5.41) is 13.8. The first-order valence-electron chi connectivity index (χ1n) is 27.7. The molecule has 2 N–H and O–H groups in total. The van der Waals surface area contributed by atoms with E-state index >= 15 is 0 Å². The highest BCUT2D eigenvalue weighted by Gasteiger charge is 2.23. The van der Waals surface area contributed by atoms with Gasteiger partial charge in [0, 0.05) is 6.42 Å². The van der Waals surface area contributed by atoms with Gasteiger partial charge in [-0.2, -0.15) is 0 Å². The minimum atomic E-state index is -4.61. The number of hydrogen-bond donors (Lipinski definition) is 2. The minimum absolute atomic E-state index is 0.0139. The van der Waals surface area contributed by atoms with Crippen LogP contribution in [0.3, 0.4) is 0 Å². The number of hydrogen-bond acceptors (Lipinski definition) is 6. The van der Waals surface area contributed by atoms with Crippen molar-refractivity contribution in [2.45, 2.75) is 257 Å². The molecule has 0 aliphatic carbocycles. The molecule has 0 aliphatic heterocycles. The first kappa shape index (κ1) is 64.2. The molecule has 3 unspecified atom stereocenters. The van der Waals surface area contributed by atoms with Crippen molar-refractivity contribution in [3.63, 3.8) is 0 Å². The van der Waals surface area contributed by atoms with E-state index in [1.165, 1.54) is 154 Å². The molecule has 386 valence electrons. The van der Waals surface area contributed by atoms with E-state index in [0.29, 0.717) is 17.4 Å². The highest BCUT2D eigenvalue weighted by atomic mass is 31.2. The molecule has 0 bridgehead atoms. The third-order valence-electron chi connectivity index (χ3n) is 12.2. The van der Waals surface area contributed by atoms with Gasteiger partial charge in [0.1, 0.15) is 13.2 Å². The van der Waals surface area contributed by atoms with Crippen LogP contribution < -0.4 is 10.2 Å². The molecule has 0 fully saturated rings. The molecule has 1 amide bonds. The van der Waals surface area contributed by atoms with Crippen LogP contribution in [0.25, 0.3) is 0 Å². The number of nitrogens with zero attached hydrogens (tertiary/aromatic N) is 1. The average molecular weight is 947 g/mol. The molecule has 0 rings (SSSR count). The molecule has 0 saturated carbocycles. The summed E-state index contributed by atoms with van der Waals surface area (Å²) in [6.45, 7) is 4.57. The Kier molecular flexibility index (Phi) is 46.9. The van der Waals surface area contributed by atoms with Crippen LogP contribution in [0.1, 0.15) is 245 Å². The molecule has 0 aromatic rings. The van der Waals surface area contributed by atoms with Gasteiger partial charge in [0.05, 0.1) is 39.9 Å². The summed E-state index contributed by atoms with van der Waals surface area (Å²) in [5.41, 5.74) is 0. The molecule has 0 heterocycles. The van der Waals surface area contributed by atoms with Gasteiger partial charge in [0.2, 0.25) is 5.91 Å². The maximum Gasteiger partial charge on any atom is 0.268 e. The SMILES string of the molecule is CCCC/C=C\C/C=C\CCCCCCCC(=O)NC(COP(=O)([O-])OCC[N+](C)(C)C)C(O)/C=C/CC/C=C/CC/C=C/CCCCCCCCCCCCCCCCCCCCCC. The fourth-order valence-corrected chi connectivity index (χ4v) is 8.51. The summed E-state index contributed by atoms with van der Waals surface area (Å²) < 4.78 is 23.2. The van der Waals surface area contributed by atoms with Crippen molar-refractivity contribution < 1.29 is 32.9 Å². The molecule has 9 heteroatoms. The fraction of sp³-hybridized carbons (Fsp3) is 0.807. The van der Waals surface area contributed by atoms with E-state index in [1.54, 1.807) is 6.08 Å². The van der Waals surface area contributed by atoms with Crippen molar-refractivity contribution in [3.8, 4) is 0 Å². The van der Waals surface area contributed by atoms with E-state index in [2.05, 4.69) is 67.8 Å². The van der Waals surface area contributed by atoms with Crippen LogP contribution in [0.4, 0.5) is 0 Å². The average Bonchev–Trinajstić information content (AvgIpc) is 3.28. The zero-order valence-corrected chi connectivity index (χ0v) is 44.8. The van der Waals surface area contributed by atoms with Gasteiger partial charge >= 0.3 is 0 Å². The normalized spacial score (nSPS) is 14.5. The number of aliphatic hydroxyl groups excluding tert-OH is 1. The Balaban J connectivity index is 4.24. The molecule has 3 atom stereocenters. The lowest BCUT2D eigenvalue weighted by molar-refractivity contribution is -0.870. The van der Waals surface area contributed by atoms with Crippen molar-refractivity contribution in [2.24, 2.45) is 0 Å². The van der Waals surface area contributed by atoms with Crippen LogP contribution in [0.5, 0.6) is 0 Å². The van der Waals surface area contributed by atoms with Gasteiger partial charge < -0.3 is 28.8 Å². The van der Waals surface area contributed by atoms with Crippen LogP contribution in [0, 0.1) is 0 Å². The summed E-state index contributed by atoms with van der Waals surface area (Å²) >= 11 is 0. The maximum atomic E-state index is 12.9. The molecule has 8 nitrogen and oxygen atoms in total. The lowest BCUT2D eigenvalue weighted by atomic mass is 10.0. The molecule has 0 aromatic heterocycles. The monoisotopic (exact) mass is 947 g/mol. The van der Waals surface area contributed by atoms with Crippen molar-refractivity contribution in [3.05, 3.63) is 60.8 Å². The number of quaternary nitrogens is 1. The maximum absolute atomic E-state index is 12.9. The van der Waals surface area contributed by atoms with E-state index < -0.39 is 26.6 Å². The second kappa shape index (κ2) is 48.2. The van der Waals surface area contributed by atoms with E-state index in [9.17, 15) is 19.4 Å². The third kappa shape index (κ3) is 50.1. The topological polar surface area (TPSA) is 108 Å². The van der Waals surface area contributed by atoms with E-state index in [1.807, 2.05) is 27.2 Å². The second-order valence-electron chi connectivity index (χ2n) is 19.9. The number of amides is 1. The van der Waals surface area contributed by atoms with Gasteiger partial charge in [-0.25, -0.2) is 0 Å². The van der Waals surface area contributed by atoms with Crippen LogP contribution in [-0.4, -0.2) is 68.5 Å². The Morgan fingerprint density at radius 2 is 0.909 bits per heavy atom. The molecular formula is C57H107N2O6P. The highest BCUT2D eigenvalue weighted by molar-refractivity contribution is 7.45. The number of likely N-dealkylation sites (N-methyl/N-ethyl adjacent to an activating group) is 1. The zero-order chi connectivity index (χ0) is 48.5. The Bertz CT molecular complexity index is 1260. The zero-order valence-electron chi connectivity index (χ0n) is 43.9. The van der Waals surface area contributed by atoms with Crippen LogP contribution >= 0.6 is 7.82 Å². The third-order valence-corrected chi connectivity index (χ3v) is 13.1. The summed E-state index contributed by atoms with van der Waals surface area (Å²) in [6.07, 6.45) is 64.6. The number of phosphoric ester groups is 1. The number of phosphoric acid groups is 1. The van der Waals surface area contributed by atoms with Gasteiger partial charge in [-0.3, -0.25) is 9.36 Å². The standard InChI is InChI=1S/C57H107N2O6P/c1-6-8-10-12-14-16-18-20-22-23-24-25-26-27-28-29-30-31-32-33-34-35-36-37-38-40-42-44-46-48-50-56(60)55(54-65-66(62,63)64-53-52-59(3,4)5)58-57(61)51-49-47-45-43-41-39-21-19-17-15-13-11-9-7-2/h13,15,19,21,35-36,40,42,48,50,55-56,60H,6-12,14,16-18,20,22-34,37-39,41,43-47,49,51-54H2,1-5H3,(H-,58,61,62,63)/b15-13-,21-19-,36-35+,42-40+,50-48+. The van der Waals surface area contributed by atoms with Crippen molar-refractivity contribution >= 4 is 13.7 Å². The molecule has 0 aromatic carbocycles. The van der Waals surface area contributed by atoms with Gasteiger partial charge in [-0.1, -0.05) is 229 Å². The van der Waals surface area contributed by atoms with Gasteiger partial charge in [0.15, 0.2) is 0 Å². The lowest BCUT2D eigenvalue weighted by Crippen LogP contribution is -2.45. The number of carbonyl (C=O) groups excluding carboxylic acids is 1. The fourth-order valence-electron chi connectivity index (χ4n) is 7.79. The summed E-state index contributed by atoms with van der Waals surface area (Å²) in [7, 11) is 1.22. The number of nitrogens with one attached hydrogen (secondary N) is 1. The summed E-state index contributed by atoms with van der Waals surface area (Å²) in [5.74, 6) is -0.226. The molecule has 0 spiro atoms. The second-order valence-corrected chi connectivity index (χ2v) is 21.3. The molecule has 0 saturated heterocycles. The van der Waals surface area contributed by atoms with Crippen LogP contribution in [0.15, 0.2) is 60.8 Å². The summed E-state index contributed by atoms with van der Waals surface area (Å²) in [6, 6.07) is -0.919. The van der Waals surface area contributed by atoms with Crippen LogP contribution in [-0.2, 0) is 18.4 Å². The number of carbonyl (C=O) groups is 1. The predicted octanol–water partition coefficient (Wildman–Crippen LogP) is 15.9. The van der Waals surface area contributed by atoms with E-state index in [0.717, 1.165) is 70.6 Å². The molecule has 0 aliphatic rings. The van der Waals surface area contributed by atoms with Gasteiger partial charge in [0.25, 0.3) is 7.82 Å². The van der Waals surface area contributed by atoms with Gasteiger partial charge in [-0.05, 0) is 70.6 Å². The minimum Gasteiger partial charge on any atom is -0.756 e. The Labute approximate surface area is 409 Å². The molecular weight excluding hydrogens is 840 g/mol. The van der Waals surface area contributed by atoms with Gasteiger partial charge in [-0.15, -0.1) is 0 Å². The quantitative estimate of drug-likeness (QED) is 0.0272. The molecule has 0 radical (unpaired) electrons. The number of allylic oxidation sites excluding steroid dienone is 9. The number of aliphatic hydroxyl groups is 1. The lowest BCUT2D eigenvalue weighted by Gasteiger charge is -2.29. The summed E-state index contributed by atoms with van der Waals surface area (Å²) in [4.78, 5) is 25.4. The largest absolute Gasteiger partial charge is 0.756 e. The highest BCUT2D eigenvalue weighted by Crippen LogP contribution is 2.38. The first-order valence-corrected chi connectivity index (χ1v) is 29.1. The van der Waals surface area contributed by atoms with Crippen molar-refractivity contribution in [1.82, 2.24) is 5.32 Å². The molecule has 66 heavy (non-hydrogen) atoms. The Hall–Kier alpha value is -1.80. The van der Waals surface area contributed by atoms with E-state index in [4.69, 9.17) is 9.05 Å². The first-order chi connectivity index (χ1) is 32.0. The van der Waals surface area contributed by atoms with E-state index in [-0.39, 0.29) is 12.5 Å².